The van der Waals surface area contributed by atoms with Gasteiger partial charge in [-0.2, -0.15) is 13.2 Å². The Bertz CT molecular complexity index is 281. The van der Waals surface area contributed by atoms with E-state index in [1.54, 1.807) is 0 Å². The quantitative estimate of drug-likeness (QED) is 0.818. The molecule has 0 spiro atoms. The lowest BCUT2D eigenvalue weighted by Gasteiger charge is -2.34. The van der Waals surface area contributed by atoms with E-state index in [0.29, 0.717) is 11.8 Å². The number of hydrogen-bond donors (Lipinski definition) is 2. The highest BCUT2D eigenvalue weighted by atomic mass is 19.4. The Hall–Kier alpha value is -0.780. The van der Waals surface area contributed by atoms with Gasteiger partial charge in [0, 0.05) is 6.04 Å². The predicted molar refractivity (Wildman–Crippen MR) is 63.0 cm³/mol. The van der Waals surface area contributed by atoms with E-state index in [-0.39, 0.29) is 12.6 Å². The van der Waals surface area contributed by atoms with Crippen LogP contribution in [0.5, 0.6) is 0 Å². The van der Waals surface area contributed by atoms with Gasteiger partial charge in [-0.1, -0.05) is 26.7 Å². The Labute approximate surface area is 106 Å². The summed E-state index contributed by atoms with van der Waals surface area (Å²) in [7, 11) is 0. The van der Waals surface area contributed by atoms with Gasteiger partial charge in [0.15, 0.2) is 0 Å². The molecule has 3 atom stereocenters. The van der Waals surface area contributed by atoms with Crippen LogP contribution in [0.1, 0.15) is 33.1 Å². The molecule has 18 heavy (non-hydrogen) atoms. The number of rotatable bonds is 4. The van der Waals surface area contributed by atoms with Gasteiger partial charge in [-0.15, -0.1) is 0 Å². The van der Waals surface area contributed by atoms with E-state index in [4.69, 9.17) is 0 Å². The van der Waals surface area contributed by atoms with Crippen LogP contribution in [0.4, 0.5) is 13.2 Å². The fourth-order valence-corrected chi connectivity index (χ4v) is 2.36. The lowest BCUT2D eigenvalue weighted by Crippen LogP contribution is -2.46. The zero-order valence-corrected chi connectivity index (χ0v) is 10.8. The van der Waals surface area contributed by atoms with Crippen LogP contribution in [-0.2, 0) is 4.79 Å². The van der Waals surface area contributed by atoms with Gasteiger partial charge in [0.2, 0.25) is 5.91 Å². The molecule has 3 nitrogen and oxygen atoms in total. The van der Waals surface area contributed by atoms with Crippen molar-refractivity contribution in [1.82, 2.24) is 10.6 Å². The van der Waals surface area contributed by atoms with Crippen molar-refractivity contribution in [3.8, 4) is 0 Å². The minimum atomic E-state index is -4.34. The van der Waals surface area contributed by atoms with Crippen LogP contribution in [0.2, 0.25) is 0 Å². The summed E-state index contributed by atoms with van der Waals surface area (Å²) in [6.45, 7) is 2.99. The molecule has 0 aromatic heterocycles. The maximum absolute atomic E-state index is 11.9. The summed E-state index contributed by atoms with van der Waals surface area (Å²) >= 11 is 0. The number of carbonyl (C=O) groups excluding carboxylic acids is 1. The Morgan fingerprint density at radius 1 is 1.28 bits per heavy atom. The first-order valence-corrected chi connectivity index (χ1v) is 6.36. The summed E-state index contributed by atoms with van der Waals surface area (Å²) < 4.78 is 35.7. The minimum absolute atomic E-state index is 0.0438. The molecule has 1 saturated carbocycles. The van der Waals surface area contributed by atoms with E-state index < -0.39 is 18.6 Å². The molecule has 6 heteroatoms. The smallest absolute Gasteiger partial charge is 0.346 e. The first kappa shape index (κ1) is 15.3. The number of halogens is 3. The van der Waals surface area contributed by atoms with Gasteiger partial charge in [-0.05, 0) is 18.3 Å². The summed E-state index contributed by atoms with van der Waals surface area (Å²) in [5, 5.41) is 4.92. The first-order valence-electron chi connectivity index (χ1n) is 6.36. The number of hydrogen-bond acceptors (Lipinski definition) is 2. The number of carbonyl (C=O) groups is 1. The maximum atomic E-state index is 11.9. The van der Waals surface area contributed by atoms with Crippen molar-refractivity contribution >= 4 is 5.91 Å². The molecule has 0 aromatic carbocycles. The van der Waals surface area contributed by atoms with Crippen LogP contribution in [0.25, 0.3) is 0 Å². The van der Waals surface area contributed by atoms with Crippen molar-refractivity contribution < 1.29 is 18.0 Å². The van der Waals surface area contributed by atoms with Gasteiger partial charge < -0.3 is 10.6 Å². The summed E-state index contributed by atoms with van der Waals surface area (Å²) in [4.78, 5) is 11.2. The van der Waals surface area contributed by atoms with Crippen LogP contribution >= 0.6 is 0 Å². The molecule has 1 fully saturated rings. The van der Waals surface area contributed by atoms with Crippen LogP contribution < -0.4 is 10.6 Å². The Morgan fingerprint density at radius 2 is 1.94 bits per heavy atom. The minimum Gasteiger partial charge on any atom is -0.346 e. The summed E-state index contributed by atoms with van der Waals surface area (Å²) in [5.74, 6) is 0.446. The highest BCUT2D eigenvalue weighted by Gasteiger charge is 2.29. The molecule has 106 valence electrons. The van der Waals surface area contributed by atoms with E-state index in [1.807, 2.05) is 5.32 Å². The molecule has 0 aromatic rings. The molecule has 1 rings (SSSR count). The van der Waals surface area contributed by atoms with Gasteiger partial charge in [0.05, 0.1) is 6.54 Å². The monoisotopic (exact) mass is 266 g/mol. The van der Waals surface area contributed by atoms with E-state index in [1.165, 1.54) is 6.42 Å². The zero-order valence-electron chi connectivity index (χ0n) is 10.8. The van der Waals surface area contributed by atoms with Crippen LogP contribution in [0.3, 0.4) is 0 Å². The molecule has 0 saturated heterocycles. The molecule has 3 unspecified atom stereocenters. The fourth-order valence-electron chi connectivity index (χ4n) is 2.36. The van der Waals surface area contributed by atoms with E-state index in [0.717, 1.165) is 12.8 Å². The molecule has 0 radical (unpaired) electrons. The average Bonchev–Trinajstić information content (AvgIpc) is 2.27. The normalized spacial score (nSPS) is 29.1. The molecule has 2 N–H and O–H groups in total. The van der Waals surface area contributed by atoms with Gasteiger partial charge in [0.1, 0.15) is 6.54 Å². The molecule has 0 aliphatic heterocycles. The van der Waals surface area contributed by atoms with E-state index in [9.17, 15) is 18.0 Å². The van der Waals surface area contributed by atoms with Crippen molar-refractivity contribution in [1.29, 1.82) is 0 Å². The Morgan fingerprint density at radius 3 is 2.56 bits per heavy atom. The van der Waals surface area contributed by atoms with Crippen molar-refractivity contribution in [2.45, 2.75) is 45.3 Å². The Kier molecular flexibility index (Phi) is 5.44. The van der Waals surface area contributed by atoms with Crippen molar-refractivity contribution in [3.63, 3.8) is 0 Å². The molecular formula is C12H21F3N2O. The zero-order chi connectivity index (χ0) is 13.8. The lowest BCUT2D eigenvalue weighted by atomic mass is 9.78. The molecule has 1 aliphatic carbocycles. The number of alkyl halides is 3. The van der Waals surface area contributed by atoms with Crippen molar-refractivity contribution in [3.05, 3.63) is 0 Å². The van der Waals surface area contributed by atoms with Crippen molar-refractivity contribution in [2.24, 2.45) is 11.8 Å². The van der Waals surface area contributed by atoms with Crippen LogP contribution in [0.15, 0.2) is 0 Å². The molecule has 1 aliphatic rings. The van der Waals surface area contributed by atoms with Crippen molar-refractivity contribution in [2.75, 3.05) is 13.1 Å². The third kappa shape index (κ3) is 5.25. The van der Waals surface area contributed by atoms with Gasteiger partial charge in [0.25, 0.3) is 0 Å². The maximum Gasteiger partial charge on any atom is 0.405 e. The van der Waals surface area contributed by atoms with Gasteiger partial charge in [-0.3, -0.25) is 4.79 Å². The molecule has 0 bridgehead atoms. The topological polar surface area (TPSA) is 41.1 Å². The van der Waals surface area contributed by atoms with Gasteiger partial charge in [-0.25, -0.2) is 0 Å². The van der Waals surface area contributed by atoms with Crippen LogP contribution in [0, 0.1) is 11.8 Å². The highest BCUT2D eigenvalue weighted by molar-refractivity contribution is 5.78. The van der Waals surface area contributed by atoms with E-state index in [2.05, 4.69) is 19.2 Å². The second kappa shape index (κ2) is 6.41. The lowest BCUT2D eigenvalue weighted by molar-refractivity contribution is -0.138. The second-order valence-corrected chi connectivity index (χ2v) is 5.15. The van der Waals surface area contributed by atoms with Crippen LogP contribution in [-0.4, -0.2) is 31.2 Å². The summed E-state index contributed by atoms with van der Waals surface area (Å²) in [6, 6.07) is 0.227. The third-order valence-corrected chi connectivity index (χ3v) is 3.72. The molecule has 1 amide bonds. The number of amides is 1. The predicted octanol–water partition coefficient (Wildman–Crippen LogP) is 2.08. The first-order chi connectivity index (χ1) is 8.29. The summed E-state index contributed by atoms with van der Waals surface area (Å²) in [5.41, 5.74) is 0. The summed E-state index contributed by atoms with van der Waals surface area (Å²) in [6.07, 6.45) is -1.08. The highest BCUT2D eigenvalue weighted by Crippen LogP contribution is 2.29. The molecule has 0 heterocycles. The molecular weight excluding hydrogens is 245 g/mol. The standard InChI is InChI=1S/C12H21F3N2O/c1-8-4-3-5-10(9(8)2)16-6-11(18)17-7-12(13,14)15/h8-10,16H,3-7H2,1-2H3,(H,17,18). The van der Waals surface area contributed by atoms with Gasteiger partial charge >= 0.3 is 6.18 Å². The second-order valence-electron chi connectivity index (χ2n) is 5.15. The Balaban J connectivity index is 2.25. The largest absolute Gasteiger partial charge is 0.405 e. The number of nitrogens with one attached hydrogen (secondary N) is 2. The van der Waals surface area contributed by atoms with E-state index >= 15 is 0 Å². The third-order valence-electron chi connectivity index (χ3n) is 3.72. The fraction of sp³-hybridized carbons (Fsp3) is 0.917. The SMILES string of the molecule is CC1CCCC(NCC(=O)NCC(F)(F)F)C1C. The average molecular weight is 266 g/mol.